The van der Waals surface area contributed by atoms with Gasteiger partial charge in [0.1, 0.15) is 0 Å². The van der Waals surface area contributed by atoms with Crippen molar-refractivity contribution in [1.82, 2.24) is 20.5 Å². The molecule has 2 aliphatic rings. The molecule has 2 N–H and O–H groups in total. The number of likely N-dealkylation sites (tertiary alicyclic amines) is 1. The van der Waals surface area contributed by atoms with Gasteiger partial charge in [-0.25, -0.2) is 0 Å². The lowest BCUT2D eigenvalue weighted by atomic mass is 10.1. The Labute approximate surface area is 202 Å². The Morgan fingerprint density at radius 2 is 2.00 bits per heavy atom. The van der Waals surface area contributed by atoms with Crippen LogP contribution >= 0.6 is 24.0 Å². The monoisotopic (exact) mass is 533 g/mol. The van der Waals surface area contributed by atoms with E-state index in [4.69, 9.17) is 0 Å². The summed E-state index contributed by atoms with van der Waals surface area (Å²) in [5.74, 6) is 1.39. The summed E-state index contributed by atoms with van der Waals surface area (Å²) < 4.78 is 0. The van der Waals surface area contributed by atoms with Crippen LogP contribution in [0.5, 0.6) is 0 Å². The minimum absolute atomic E-state index is 0. The molecule has 1 aliphatic carbocycles. The number of amides is 1. The van der Waals surface area contributed by atoms with E-state index in [2.05, 4.69) is 44.9 Å². The van der Waals surface area contributed by atoms with Crippen LogP contribution in [0.4, 0.5) is 0 Å². The number of carbonyl (C=O) groups is 1. The second-order valence-corrected chi connectivity index (χ2v) is 8.24. The third kappa shape index (κ3) is 6.18. The van der Waals surface area contributed by atoms with Gasteiger partial charge in [-0.1, -0.05) is 37.1 Å². The highest BCUT2D eigenvalue weighted by atomic mass is 127. The maximum Gasteiger partial charge on any atom is 0.225 e. The number of carbonyl (C=O) groups excluding carboxylic acids is 1. The number of hydrogen-bond donors (Lipinski definition) is 2. The second-order valence-electron chi connectivity index (χ2n) is 8.24. The lowest BCUT2D eigenvalue weighted by molar-refractivity contribution is -0.134. The molecule has 166 valence electrons. The molecule has 7 heteroatoms. The van der Waals surface area contributed by atoms with Crippen molar-refractivity contribution in [3.63, 3.8) is 0 Å². The Morgan fingerprint density at radius 3 is 2.74 bits per heavy atom. The van der Waals surface area contributed by atoms with Crippen LogP contribution in [0.3, 0.4) is 0 Å². The average Bonchev–Trinajstić information content (AvgIpc) is 3.49. The molecule has 0 spiro atoms. The first-order valence-electron chi connectivity index (χ1n) is 11.0. The fraction of sp³-hybridized carbons (Fsp3) is 0.458. The van der Waals surface area contributed by atoms with Crippen molar-refractivity contribution in [2.45, 2.75) is 44.7 Å². The van der Waals surface area contributed by atoms with Crippen molar-refractivity contribution < 1.29 is 4.79 Å². The normalized spacial score (nSPS) is 19.2. The third-order valence-electron chi connectivity index (χ3n) is 6.12. The van der Waals surface area contributed by atoms with Gasteiger partial charge in [0.2, 0.25) is 5.91 Å². The largest absolute Gasteiger partial charge is 0.352 e. The predicted molar refractivity (Wildman–Crippen MR) is 135 cm³/mol. The van der Waals surface area contributed by atoms with E-state index >= 15 is 0 Å². The van der Waals surface area contributed by atoms with E-state index < -0.39 is 0 Å². The summed E-state index contributed by atoms with van der Waals surface area (Å²) in [5.41, 5.74) is 3.25. The van der Waals surface area contributed by atoms with Gasteiger partial charge in [0, 0.05) is 50.4 Å². The maximum absolute atomic E-state index is 12.7. The van der Waals surface area contributed by atoms with Crippen LogP contribution in [0.2, 0.25) is 0 Å². The summed E-state index contributed by atoms with van der Waals surface area (Å²) >= 11 is 0. The molecule has 1 saturated carbocycles. The van der Waals surface area contributed by atoms with E-state index in [1.54, 1.807) is 7.05 Å². The van der Waals surface area contributed by atoms with E-state index in [9.17, 15) is 4.79 Å². The van der Waals surface area contributed by atoms with Gasteiger partial charge in [-0.3, -0.25) is 14.8 Å². The van der Waals surface area contributed by atoms with Gasteiger partial charge in [-0.15, -0.1) is 24.0 Å². The van der Waals surface area contributed by atoms with Crippen molar-refractivity contribution in [3.8, 4) is 11.3 Å². The number of nitrogens with zero attached hydrogens (tertiary/aromatic N) is 3. The van der Waals surface area contributed by atoms with Gasteiger partial charge in [-0.05, 0) is 43.0 Å². The first-order valence-corrected chi connectivity index (χ1v) is 11.0. The first-order chi connectivity index (χ1) is 14.7. The molecule has 1 atom stereocenters. The van der Waals surface area contributed by atoms with Crippen LogP contribution in [0.1, 0.15) is 37.7 Å². The fourth-order valence-electron chi connectivity index (χ4n) is 4.46. The molecule has 1 aromatic carbocycles. The van der Waals surface area contributed by atoms with Gasteiger partial charge in [0.15, 0.2) is 5.96 Å². The van der Waals surface area contributed by atoms with Crippen molar-refractivity contribution in [3.05, 3.63) is 54.2 Å². The minimum atomic E-state index is 0. The second kappa shape index (κ2) is 11.5. The van der Waals surface area contributed by atoms with Crippen molar-refractivity contribution in [2.24, 2.45) is 10.9 Å². The zero-order valence-corrected chi connectivity index (χ0v) is 20.4. The Hall–Kier alpha value is -2.16. The number of guanidine groups is 1. The number of halogens is 1. The molecule has 1 saturated heterocycles. The zero-order valence-electron chi connectivity index (χ0n) is 18.1. The molecule has 31 heavy (non-hydrogen) atoms. The quantitative estimate of drug-likeness (QED) is 0.349. The van der Waals surface area contributed by atoms with Crippen LogP contribution in [-0.4, -0.2) is 47.9 Å². The number of nitrogens with one attached hydrogen (secondary N) is 2. The number of benzene rings is 1. The molecular formula is C24H32IN5O. The highest BCUT2D eigenvalue weighted by Gasteiger charge is 2.32. The third-order valence-corrected chi connectivity index (χ3v) is 6.12. The molecule has 2 fully saturated rings. The van der Waals surface area contributed by atoms with E-state index in [0.29, 0.717) is 12.5 Å². The van der Waals surface area contributed by atoms with Crippen LogP contribution in [0.25, 0.3) is 11.3 Å². The van der Waals surface area contributed by atoms with Crippen molar-refractivity contribution in [1.29, 1.82) is 0 Å². The van der Waals surface area contributed by atoms with Gasteiger partial charge in [-0.2, -0.15) is 0 Å². The van der Waals surface area contributed by atoms with Crippen LogP contribution in [-0.2, 0) is 11.3 Å². The van der Waals surface area contributed by atoms with Crippen molar-refractivity contribution in [2.75, 3.05) is 20.1 Å². The van der Waals surface area contributed by atoms with Crippen LogP contribution in [0.15, 0.2) is 53.7 Å². The SMILES string of the molecule is CN=C(NCc1cccc(-c2ccccn2)c1)NC1CCN(C(=O)C2CCCC2)C1.I. The summed E-state index contributed by atoms with van der Waals surface area (Å²) in [6, 6.07) is 14.6. The zero-order chi connectivity index (χ0) is 20.8. The molecule has 1 aliphatic heterocycles. The highest BCUT2D eigenvalue weighted by Crippen LogP contribution is 2.27. The molecule has 4 rings (SSSR count). The van der Waals surface area contributed by atoms with Gasteiger partial charge in [0.05, 0.1) is 5.69 Å². The van der Waals surface area contributed by atoms with E-state index in [-0.39, 0.29) is 35.9 Å². The minimum Gasteiger partial charge on any atom is -0.352 e. The molecule has 2 heterocycles. The number of rotatable bonds is 5. The molecular weight excluding hydrogens is 501 g/mol. The lowest BCUT2D eigenvalue weighted by Gasteiger charge is -2.21. The summed E-state index contributed by atoms with van der Waals surface area (Å²) in [7, 11) is 1.79. The summed E-state index contributed by atoms with van der Waals surface area (Å²) in [4.78, 5) is 23.5. The summed E-state index contributed by atoms with van der Waals surface area (Å²) in [5, 5.41) is 6.90. The molecule has 2 aromatic rings. The molecule has 1 unspecified atom stereocenters. The fourth-order valence-corrected chi connectivity index (χ4v) is 4.46. The van der Waals surface area contributed by atoms with Crippen LogP contribution < -0.4 is 10.6 Å². The van der Waals surface area contributed by atoms with E-state index in [1.807, 2.05) is 29.3 Å². The van der Waals surface area contributed by atoms with Gasteiger partial charge < -0.3 is 15.5 Å². The predicted octanol–water partition coefficient (Wildman–Crippen LogP) is 3.82. The topological polar surface area (TPSA) is 69.6 Å². The maximum atomic E-state index is 12.7. The van der Waals surface area contributed by atoms with Gasteiger partial charge >= 0.3 is 0 Å². The van der Waals surface area contributed by atoms with Crippen molar-refractivity contribution >= 4 is 35.8 Å². The molecule has 6 nitrogen and oxygen atoms in total. The Balaban J connectivity index is 0.00000272. The molecule has 1 aromatic heterocycles. The number of aliphatic imine (C=N–C) groups is 1. The lowest BCUT2D eigenvalue weighted by Crippen LogP contribution is -2.45. The number of aromatic nitrogens is 1. The molecule has 0 radical (unpaired) electrons. The van der Waals surface area contributed by atoms with Gasteiger partial charge in [0.25, 0.3) is 0 Å². The summed E-state index contributed by atoms with van der Waals surface area (Å²) in [6.45, 7) is 2.29. The Kier molecular flexibility index (Phi) is 8.69. The Bertz CT molecular complexity index is 883. The van der Waals surface area contributed by atoms with E-state index in [0.717, 1.165) is 49.6 Å². The number of hydrogen-bond acceptors (Lipinski definition) is 3. The first kappa shape index (κ1) is 23.5. The molecule has 1 amide bonds. The molecule has 0 bridgehead atoms. The Morgan fingerprint density at radius 1 is 1.16 bits per heavy atom. The van der Waals surface area contributed by atoms with E-state index in [1.165, 1.54) is 18.4 Å². The average molecular weight is 533 g/mol. The van der Waals surface area contributed by atoms with Crippen LogP contribution in [0, 0.1) is 5.92 Å². The summed E-state index contributed by atoms with van der Waals surface area (Å²) in [6.07, 6.45) is 7.30. The number of pyridine rings is 1. The standard InChI is InChI=1S/C24H31N5O.HI/c1-25-24(28-21-12-14-29(17-21)23(30)19-8-2-3-9-19)27-16-18-7-6-10-20(15-18)22-11-4-5-13-26-22;/h4-7,10-11,13,15,19,21H,2-3,8-9,12,14,16-17H2,1H3,(H2,25,27,28);1H. The smallest absolute Gasteiger partial charge is 0.225 e. The highest BCUT2D eigenvalue weighted by molar-refractivity contribution is 14.0.